The van der Waals surface area contributed by atoms with Crippen molar-refractivity contribution in [2.75, 3.05) is 13.2 Å². The topological polar surface area (TPSA) is 78.9 Å². The maximum Gasteiger partial charge on any atom is 0.306 e. The predicted octanol–water partition coefficient (Wildman–Crippen LogP) is 13.8. The Bertz CT molecular complexity index is 779. The van der Waals surface area contributed by atoms with Crippen LogP contribution in [0.2, 0.25) is 0 Å². The van der Waals surface area contributed by atoms with Crippen molar-refractivity contribution in [3.8, 4) is 0 Å². The summed E-state index contributed by atoms with van der Waals surface area (Å²) < 4.78 is 16.6. The number of esters is 3. The summed E-state index contributed by atoms with van der Waals surface area (Å²) in [5.74, 6) is 0.773. The number of rotatable bonds is 39. The van der Waals surface area contributed by atoms with Crippen LogP contribution in [-0.2, 0) is 28.6 Å². The van der Waals surface area contributed by atoms with Crippen molar-refractivity contribution in [3.63, 3.8) is 0 Å². The van der Waals surface area contributed by atoms with Gasteiger partial charge < -0.3 is 14.2 Å². The largest absolute Gasteiger partial charge is 0.462 e. The van der Waals surface area contributed by atoms with Gasteiger partial charge in [0.15, 0.2) is 6.10 Å². The van der Waals surface area contributed by atoms with E-state index < -0.39 is 6.10 Å². The van der Waals surface area contributed by atoms with E-state index in [2.05, 4.69) is 34.6 Å². The van der Waals surface area contributed by atoms with Gasteiger partial charge in [-0.15, -0.1) is 0 Å². The molecule has 6 heteroatoms. The number of unbranched alkanes of at least 4 members (excludes halogenated alkanes) is 24. The van der Waals surface area contributed by atoms with Crippen molar-refractivity contribution >= 4 is 17.9 Å². The summed E-state index contributed by atoms with van der Waals surface area (Å²) in [4.78, 5) is 37.4. The first-order valence-corrected chi connectivity index (χ1v) is 22.2. The van der Waals surface area contributed by atoms with Gasteiger partial charge in [-0.25, -0.2) is 0 Å². The number of hydrogen-bond acceptors (Lipinski definition) is 6. The third-order valence-corrected chi connectivity index (χ3v) is 9.97. The lowest BCUT2D eigenvalue weighted by Crippen LogP contribution is -2.30. The molecule has 0 heterocycles. The average molecular weight is 723 g/mol. The Hall–Kier alpha value is -1.59. The lowest BCUT2D eigenvalue weighted by molar-refractivity contribution is -0.167. The van der Waals surface area contributed by atoms with E-state index in [9.17, 15) is 14.4 Å². The zero-order valence-corrected chi connectivity index (χ0v) is 34.7. The van der Waals surface area contributed by atoms with Gasteiger partial charge in [0.2, 0.25) is 0 Å². The van der Waals surface area contributed by atoms with E-state index in [1.807, 2.05) is 0 Å². The minimum Gasteiger partial charge on any atom is -0.462 e. The summed E-state index contributed by atoms with van der Waals surface area (Å²) in [6.07, 6.45) is 35.5. The van der Waals surface area contributed by atoms with Crippen LogP contribution in [0.25, 0.3) is 0 Å². The quantitative estimate of drug-likeness (QED) is 0.0357. The van der Waals surface area contributed by atoms with Gasteiger partial charge in [0.25, 0.3) is 0 Å². The highest BCUT2D eigenvalue weighted by atomic mass is 16.6. The lowest BCUT2D eigenvalue weighted by Gasteiger charge is -2.18. The third-order valence-electron chi connectivity index (χ3n) is 9.97. The first-order valence-electron chi connectivity index (χ1n) is 22.2. The van der Waals surface area contributed by atoms with Gasteiger partial charge in [-0.2, -0.15) is 0 Å². The zero-order chi connectivity index (χ0) is 37.6. The van der Waals surface area contributed by atoms with Gasteiger partial charge in [0.1, 0.15) is 13.2 Å². The Kier molecular flexibility index (Phi) is 37.0. The molecule has 0 aromatic rings. The van der Waals surface area contributed by atoms with Crippen molar-refractivity contribution in [2.45, 2.75) is 246 Å². The molecule has 0 spiro atoms. The van der Waals surface area contributed by atoms with E-state index in [0.29, 0.717) is 19.3 Å². The van der Waals surface area contributed by atoms with Crippen LogP contribution in [0.15, 0.2) is 0 Å². The highest BCUT2D eigenvalue weighted by molar-refractivity contribution is 5.71. The molecule has 0 aliphatic heterocycles. The van der Waals surface area contributed by atoms with Crippen molar-refractivity contribution < 1.29 is 28.6 Å². The fraction of sp³-hybridized carbons (Fsp3) is 0.933. The number of carbonyl (C=O) groups is 3. The zero-order valence-electron chi connectivity index (χ0n) is 34.7. The van der Waals surface area contributed by atoms with Crippen molar-refractivity contribution in [2.24, 2.45) is 11.8 Å². The number of hydrogen-bond donors (Lipinski definition) is 0. The Morgan fingerprint density at radius 3 is 0.961 bits per heavy atom. The van der Waals surface area contributed by atoms with Crippen molar-refractivity contribution in [1.29, 1.82) is 0 Å². The molecule has 0 N–H and O–H groups in total. The Morgan fingerprint density at radius 1 is 0.373 bits per heavy atom. The predicted molar refractivity (Wildman–Crippen MR) is 215 cm³/mol. The number of carbonyl (C=O) groups excluding carboxylic acids is 3. The molecule has 0 aromatic carbocycles. The molecule has 0 aliphatic rings. The maximum atomic E-state index is 12.6. The second kappa shape index (κ2) is 38.1. The SMILES string of the molecule is CCCCCCCC(=O)OC[C@H](COC(=O)CCCCCCCCCCCCCCCC(C)C)OC(=O)CCCCCCCCCCCC(C)C. The van der Waals surface area contributed by atoms with Gasteiger partial charge >= 0.3 is 17.9 Å². The molecule has 0 aromatic heterocycles. The van der Waals surface area contributed by atoms with Crippen LogP contribution in [0.5, 0.6) is 0 Å². The molecule has 0 saturated carbocycles. The fourth-order valence-electron chi connectivity index (χ4n) is 6.58. The minimum absolute atomic E-state index is 0.0660. The van der Waals surface area contributed by atoms with Crippen LogP contribution in [0, 0.1) is 11.8 Å². The summed E-state index contributed by atoms with van der Waals surface area (Å²) in [6.45, 7) is 11.2. The van der Waals surface area contributed by atoms with Crippen LogP contribution < -0.4 is 0 Å². The molecule has 0 bridgehead atoms. The standard InChI is InChI=1S/C45H86O6/c1-6-7-8-23-30-35-43(46)49-38-42(51-45(48)37-32-27-22-18-14-16-20-25-29-34-41(4)5)39-50-44(47)36-31-26-21-17-13-11-9-10-12-15-19-24-28-33-40(2)3/h40-42H,6-39H2,1-5H3/t42-/m1/s1. The second-order valence-electron chi connectivity index (χ2n) is 16.3. The van der Waals surface area contributed by atoms with Crippen molar-refractivity contribution in [1.82, 2.24) is 0 Å². The first kappa shape index (κ1) is 49.4. The normalized spacial score (nSPS) is 12.1. The molecule has 51 heavy (non-hydrogen) atoms. The Morgan fingerprint density at radius 2 is 0.647 bits per heavy atom. The number of ether oxygens (including phenoxy) is 3. The monoisotopic (exact) mass is 723 g/mol. The summed E-state index contributed by atoms with van der Waals surface area (Å²) in [7, 11) is 0. The van der Waals surface area contributed by atoms with Crippen LogP contribution >= 0.6 is 0 Å². The highest BCUT2D eigenvalue weighted by Crippen LogP contribution is 2.16. The van der Waals surface area contributed by atoms with Gasteiger partial charge in [0, 0.05) is 19.3 Å². The molecule has 302 valence electrons. The summed E-state index contributed by atoms with van der Waals surface area (Å²) in [6, 6.07) is 0. The molecule has 0 amide bonds. The molecule has 1 atom stereocenters. The van der Waals surface area contributed by atoms with Gasteiger partial charge in [-0.05, 0) is 31.1 Å². The minimum atomic E-state index is -0.758. The van der Waals surface area contributed by atoms with E-state index in [4.69, 9.17) is 14.2 Å². The molecule has 0 aliphatic carbocycles. The molecular formula is C45H86O6. The molecule has 6 nitrogen and oxygen atoms in total. The highest BCUT2D eigenvalue weighted by Gasteiger charge is 2.19. The summed E-state index contributed by atoms with van der Waals surface area (Å²) >= 11 is 0. The Balaban J connectivity index is 4.18. The van der Waals surface area contributed by atoms with E-state index in [-0.39, 0.29) is 31.1 Å². The summed E-state index contributed by atoms with van der Waals surface area (Å²) in [5, 5.41) is 0. The van der Waals surface area contributed by atoms with Crippen LogP contribution in [-0.4, -0.2) is 37.2 Å². The maximum absolute atomic E-state index is 12.6. The lowest BCUT2D eigenvalue weighted by atomic mass is 10.0. The molecule has 0 radical (unpaired) electrons. The molecule has 0 unspecified atom stereocenters. The summed E-state index contributed by atoms with van der Waals surface area (Å²) in [5.41, 5.74) is 0. The van der Waals surface area contributed by atoms with Crippen molar-refractivity contribution in [3.05, 3.63) is 0 Å². The van der Waals surface area contributed by atoms with Crippen LogP contribution in [0.1, 0.15) is 240 Å². The van der Waals surface area contributed by atoms with Crippen LogP contribution in [0.3, 0.4) is 0 Å². The van der Waals surface area contributed by atoms with E-state index in [1.54, 1.807) is 0 Å². The fourth-order valence-corrected chi connectivity index (χ4v) is 6.58. The molecule has 0 fully saturated rings. The molecular weight excluding hydrogens is 636 g/mol. The smallest absolute Gasteiger partial charge is 0.306 e. The second-order valence-corrected chi connectivity index (χ2v) is 16.3. The van der Waals surface area contributed by atoms with E-state index in [0.717, 1.165) is 76.0 Å². The van der Waals surface area contributed by atoms with Crippen LogP contribution in [0.4, 0.5) is 0 Å². The van der Waals surface area contributed by atoms with Gasteiger partial charge in [-0.3, -0.25) is 14.4 Å². The van der Waals surface area contributed by atoms with E-state index >= 15 is 0 Å². The van der Waals surface area contributed by atoms with E-state index in [1.165, 1.54) is 122 Å². The Labute approximate surface area is 317 Å². The first-order chi connectivity index (χ1) is 24.7. The van der Waals surface area contributed by atoms with Gasteiger partial charge in [0.05, 0.1) is 0 Å². The van der Waals surface area contributed by atoms with Gasteiger partial charge in [-0.1, -0.05) is 202 Å². The molecule has 0 saturated heterocycles. The molecule has 0 rings (SSSR count). The average Bonchev–Trinajstić information content (AvgIpc) is 3.09. The third kappa shape index (κ3) is 39.5.